The van der Waals surface area contributed by atoms with E-state index in [-0.39, 0.29) is 5.91 Å². The van der Waals surface area contributed by atoms with Crippen molar-refractivity contribution in [1.29, 1.82) is 0 Å². The van der Waals surface area contributed by atoms with Crippen LogP contribution in [0.2, 0.25) is 0 Å². The van der Waals surface area contributed by atoms with E-state index in [1.807, 2.05) is 6.20 Å². The van der Waals surface area contributed by atoms with Gasteiger partial charge < -0.3 is 10.3 Å². The van der Waals surface area contributed by atoms with Crippen LogP contribution in [0.3, 0.4) is 0 Å². The molecule has 0 atom stereocenters. The molecule has 1 heterocycles. The fraction of sp³-hybridized carbons (Fsp3) is 0.286. The molecule has 1 aromatic heterocycles. The maximum Gasteiger partial charge on any atom is 0.243 e. The van der Waals surface area contributed by atoms with E-state index < -0.39 is 0 Å². The van der Waals surface area contributed by atoms with Crippen LogP contribution >= 0.6 is 0 Å². The van der Waals surface area contributed by atoms with Crippen LogP contribution in [0.5, 0.6) is 0 Å². The number of benzene rings is 2. The number of amides is 1. The molecule has 3 rings (SSSR count). The average molecular weight is 351 g/mol. The maximum absolute atomic E-state index is 10.9. The summed E-state index contributed by atoms with van der Waals surface area (Å²) in [6, 6.07) is 17.0. The Labute approximate surface area is 153 Å². The quantitative estimate of drug-likeness (QED) is 0.256. The first-order valence-electron chi connectivity index (χ1n) is 9.10. The molecule has 0 saturated carbocycles. The third-order valence-electron chi connectivity index (χ3n) is 4.54. The number of aromatic amines is 1. The number of carbonyl (C=O) groups is 1. The van der Waals surface area contributed by atoms with Crippen molar-refractivity contribution in [3.63, 3.8) is 0 Å². The van der Waals surface area contributed by atoms with Crippen molar-refractivity contribution in [3.05, 3.63) is 54.7 Å². The van der Waals surface area contributed by atoms with Gasteiger partial charge in [0.15, 0.2) is 0 Å². The predicted molar refractivity (Wildman–Crippen MR) is 105 cm³/mol. The second kappa shape index (κ2) is 9.06. The van der Waals surface area contributed by atoms with Gasteiger partial charge in [0, 0.05) is 30.4 Å². The summed E-state index contributed by atoms with van der Waals surface area (Å²) in [5.74, 6) is -0.308. The van der Waals surface area contributed by atoms with Crippen molar-refractivity contribution in [2.75, 3.05) is 11.9 Å². The zero-order valence-corrected chi connectivity index (χ0v) is 14.8. The minimum Gasteiger partial charge on any atom is -0.385 e. The van der Waals surface area contributed by atoms with E-state index in [2.05, 4.69) is 58.8 Å². The summed E-state index contributed by atoms with van der Waals surface area (Å²) in [5.41, 5.74) is 6.33. The van der Waals surface area contributed by atoms with Gasteiger partial charge in [-0.3, -0.25) is 10.0 Å². The minimum atomic E-state index is -0.308. The maximum atomic E-state index is 10.9. The number of fused-ring (bicyclic) bond motifs is 1. The average Bonchev–Trinajstić information content (AvgIpc) is 3.15. The highest BCUT2D eigenvalue weighted by Gasteiger charge is 2.02. The van der Waals surface area contributed by atoms with E-state index >= 15 is 0 Å². The van der Waals surface area contributed by atoms with Crippen LogP contribution in [-0.2, 0) is 4.79 Å². The number of anilines is 1. The fourth-order valence-corrected chi connectivity index (χ4v) is 3.09. The van der Waals surface area contributed by atoms with Crippen molar-refractivity contribution in [2.24, 2.45) is 0 Å². The van der Waals surface area contributed by atoms with Crippen molar-refractivity contribution in [3.8, 4) is 11.1 Å². The van der Waals surface area contributed by atoms with Crippen molar-refractivity contribution in [1.82, 2.24) is 10.5 Å². The number of hydrogen-bond acceptors (Lipinski definition) is 3. The lowest BCUT2D eigenvalue weighted by Gasteiger charge is -2.09. The molecule has 0 spiro atoms. The monoisotopic (exact) mass is 351 g/mol. The normalized spacial score (nSPS) is 10.8. The lowest BCUT2D eigenvalue weighted by molar-refractivity contribution is -0.129. The molecular formula is C21H25N3O2. The van der Waals surface area contributed by atoms with Gasteiger partial charge in [0.05, 0.1) is 0 Å². The molecule has 1 amide bonds. The number of H-pyrrole nitrogens is 1. The molecule has 5 heteroatoms. The number of unbranched alkanes of at least 4 members (excludes halogenated alkanes) is 3. The van der Waals surface area contributed by atoms with E-state index in [9.17, 15) is 4.79 Å². The second-order valence-corrected chi connectivity index (χ2v) is 6.49. The van der Waals surface area contributed by atoms with E-state index in [1.54, 1.807) is 5.48 Å². The summed E-state index contributed by atoms with van der Waals surface area (Å²) < 4.78 is 0. The molecule has 5 nitrogen and oxygen atoms in total. The first-order valence-corrected chi connectivity index (χ1v) is 9.10. The number of carbonyl (C=O) groups excluding carboxylic acids is 1. The molecular weight excluding hydrogens is 326 g/mol. The molecule has 136 valence electrons. The van der Waals surface area contributed by atoms with Crippen LogP contribution in [0, 0.1) is 0 Å². The van der Waals surface area contributed by atoms with Crippen molar-refractivity contribution in [2.45, 2.75) is 32.1 Å². The molecule has 0 saturated heterocycles. The highest BCUT2D eigenvalue weighted by Crippen LogP contribution is 2.26. The van der Waals surface area contributed by atoms with Gasteiger partial charge in [-0.15, -0.1) is 0 Å². The standard InChI is InChI=1S/C21H25N3O2/c25-21(24-26)8-3-1-2-4-12-22-19-7-5-6-17(14-19)18-10-9-16-11-13-23-20(16)15-18/h5-7,9-11,13-15,22-23,26H,1-4,8,12H2,(H,24,25). The van der Waals surface area contributed by atoms with Gasteiger partial charge in [-0.05, 0) is 53.6 Å². The largest absolute Gasteiger partial charge is 0.385 e. The van der Waals surface area contributed by atoms with Crippen LogP contribution in [0.25, 0.3) is 22.0 Å². The summed E-state index contributed by atoms with van der Waals surface area (Å²) in [6.07, 6.45) is 6.27. The Morgan fingerprint density at radius 3 is 2.69 bits per heavy atom. The zero-order valence-electron chi connectivity index (χ0n) is 14.8. The zero-order chi connectivity index (χ0) is 18.2. The molecule has 0 bridgehead atoms. The van der Waals surface area contributed by atoms with Gasteiger partial charge in [-0.2, -0.15) is 0 Å². The highest BCUT2D eigenvalue weighted by molar-refractivity contribution is 5.85. The van der Waals surface area contributed by atoms with E-state index in [0.717, 1.165) is 43.4 Å². The molecule has 0 fully saturated rings. The molecule has 0 aliphatic rings. The Bertz CT molecular complexity index is 857. The van der Waals surface area contributed by atoms with Crippen LogP contribution in [0.1, 0.15) is 32.1 Å². The topological polar surface area (TPSA) is 77.2 Å². The highest BCUT2D eigenvalue weighted by atomic mass is 16.5. The summed E-state index contributed by atoms with van der Waals surface area (Å²) in [6.45, 7) is 0.908. The Kier molecular flexibility index (Phi) is 6.28. The van der Waals surface area contributed by atoms with Crippen LogP contribution in [0.15, 0.2) is 54.7 Å². The lowest BCUT2D eigenvalue weighted by atomic mass is 10.0. The summed E-state index contributed by atoms with van der Waals surface area (Å²) in [4.78, 5) is 14.2. The van der Waals surface area contributed by atoms with Gasteiger partial charge in [0.1, 0.15) is 0 Å². The number of nitrogens with one attached hydrogen (secondary N) is 3. The summed E-state index contributed by atoms with van der Waals surface area (Å²) in [5, 5.41) is 13.1. The Hall–Kier alpha value is -2.79. The number of hydrogen-bond donors (Lipinski definition) is 4. The number of rotatable bonds is 9. The molecule has 0 aliphatic carbocycles. The summed E-state index contributed by atoms with van der Waals surface area (Å²) >= 11 is 0. The van der Waals surface area contributed by atoms with Crippen LogP contribution < -0.4 is 10.8 Å². The SMILES string of the molecule is O=C(CCCCCCNc1cccc(-c2ccc3cc[nH]c3c2)c1)NO. The first-order chi connectivity index (χ1) is 12.8. The van der Waals surface area contributed by atoms with Gasteiger partial charge in [0.25, 0.3) is 0 Å². The summed E-state index contributed by atoms with van der Waals surface area (Å²) in [7, 11) is 0. The first kappa shape index (κ1) is 18.0. The van der Waals surface area contributed by atoms with Crippen LogP contribution in [0.4, 0.5) is 5.69 Å². The molecule has 0 radical (unpaired) electrons. The van der Waals surface area contributed by atoms with Gasteiger partial charge in [-0.25, -0.2) is 5.48 Å². The molecule has 26 heavy (non-hydrogen) atoms. The molecule has 2 aromatic carbocycles. The number of hydroxylamine groups is 1. The van der Waals surface area contributed by atoms with Crippen molar-refractivity contribution < 1.29 is 10.0 Å². The fourth-order valence-electron chi connectivity index (χ4n) is 3.09. The lowest BCUT2D eigenvalue weighted by Crippen LogP contribution is -2.17. The number of aromatic nitrogens is 1. The molecule has 0 unspecified atom stereocenters. The Balaban J connectivity index is 1.47. The molecule has 3 aromatic rings. The van der Waals surface area contributed by atoms with Crippen LogP contribution in [-0.4, -0.2) is 22.6 Å². The van der Waals surface area contributed by atoms with Gasteiger partial charge >= 0.3 is 0 Å². The second-order valence-electron chi connectivity index (χ2n) is 6.49. The van der Waals surface area contributed by atoms with Gasteiger partial charge in [-0.1, -0.05) is 37.1 Å². The third kappa shape index (κ3) is 4.86. The Morgan fingerprint density at radius 2 is 1.81 bits per heavy atom. The Morgan fingerprint density at radius 1 is 0.962 bits per heavy atom. The van der Waals surface area contributed by atoms with E-state index in [4.69, 9.17) is 5.21 Å². The smallest absolute Gasteiger partial charge is 0.243 e. The third-order valence-corrected chi connectivity index (χ3v) is 4.54. The molecule has 0 aliphatic heterocycles. The van der Waals surface area contributed by atoms with E-state index in [1.165, 1.54) is 16.5 Å². The minimum absolute atomic E-state index is 0.308. The molecule has 4 N–H and O–H groups in total. The van der Waals surface area contributed by atoms with Crippen molar-refractivity contribution >= 4 is 22.5 Å². The van der Waals surface area contributed by atoms with Gasteiger partial charge in [0.2, 0.25) is 5.91 Å². The predicted octanol–water partition coefficient (Wildman–Crippen LogP) is 4.70. The van der Waals surface area contributed by atoms with E-state index in [0.29, 0.717) is 6.42 Å².